The number of benzene rings is 2. The van der Waals surface area contributed by atoms with Crippen LogP contribution in [0, 0.1) is 11.8 Å². The Labute approximate surface area is 152 Å². The summed E-state index contributed by atoms with van der Waals surface area (Å²) < 4.78 is 10.9. The van der Waals surface area contributed by atoms with Crippen molar-refractivity contribution in [3.63, 3.8) is 0 Å². The van der Waals surface area contributed by atoms with E-state index in [-0.39, 0.29) is 18.2 Å². The summed E-state index contributed by atoms with van der Waals surface area (Å²) in [6.45, 7) is 0.239. The molecule has 0 saturated carbocycles. The fourth-order valence-electron chi connectivity index (χ4n) is 2.51. The molecule has 1 aromatic heterocycles. The number of para-hydroxylation sites is 1. The monoisotopic (exact) mass is 348 g/mol. The Morgan fingerprint density at radius 1 is 1.19 bits per heavy atom. The van der Waals surface area contributed by atoms with Crippen LogP contribution in [0.4, 0.5) is 5.69 Å². The van der Waals surface area contributed by atoms with Gasteiger partial charge in [-0.1, -0.05) is 24.0 Å². The molecule has 0 bridgehead atoms. The van der Waals surface area contributed by atoms with E-state index in [9.17, 15) is 4.79 Å². The zero-order valence-corrected chi connectivity index (χ0v) is 15.0. The summed E-state index contributed by atoms with van der Waals surface area (Å²) in [5.74, 6) is 6.51. The molecule has 0 fully saturated rings. The summed E-state index contributed by atoms with van der Waals surface area (Å²) >= 11 is 0. The minimum absolute atomic E-state index is 0.238. The van der Waals surface area contributed by atoms with Crippen LogP contribution in [0.5, 0.6) is 5.75 Å². The van der Waals surface area contributed by atoms with Crippen molar-refractivity contribution in [3.05, 3.63) is 59.9 Å². The molecule has 26 heavy (non-hydrogen) atoms. The Bertz CT molecular complexity index is 976. The van der Waals surface area contributed by atoms with Crippen molar-refractivity contribution in [1.29, 1.82) is 0 Å². The van der Waals surface area contributed by atoms with E-state index in [2.05, 4.69) is 17.2 Å². The average Bonchev–Trinajstić information content (AvgIpc) is 3.10. The number of nitrogens with one attached hydrogen (secondary N) is 1. The number of methoxy groups -OCH3 is 1. The van der Waals surface area contributed by atoms with Crippen LogP contribution in [0.15, 0.2) is 52.9 Å². The van der Waals surface area contributed by atoms with Gasteiger partial charge in [0.15, 0.2) is 17.1 Å². The highest BCUT2D eigenvalue weighted by Gasteiger charge is 2.13. The molecule has 0 saturated heterocycles. The number of fused-ring (bicyclic) bond motifs is 1. The average molecular weight is 348 g/mol. The maximum Gasteiger partial charge on any atom is 0.287 e. The highest BCUT2D eigenvalue weighted by molar-refractivity contribution is 5.97. The number of anilines is 1. The fourth-order valence-corrected chi connectivity index (χ4v) is 2.51. The quantitative estimate of drug-likeness (QED) is 0.735. The standard InChI is InChI=1S/C21H20N2O3/c1-23(2)17-11-9-15(10-12-17)6-5-13-22-21(24)19-14-16-7-4-8-18(25-3)20(16)26-19/h4,7-12,14H,13H2,1-3H3,(H,22,24). The molecular weight excluding hydrogens is 328 g/mol. The number of rotatable bonds is 4. The van der Waals surface area contributed by atoms with E-state index in [1.54, 1.807) is 19.2 Å². The number of carbonyl (C=O) groups is 1. The third-order valence-electron chi connectivity index (χ3n) is 3.91. The molecule has 0 spiro atoms. The van der Waals surface area contributed by atoms with Crippen molar-refractivity contribution in [3.8, 4) is 17.6 Å². The predicted octanol–water partition coefficient (Wildman–Crippen LogP) is 3.29. The Kier molecular flexibility index (Phi) is 5.14. The molecule has 1 heterocycles. The number of hydrogen-bond acceptors (Lipinski definition) is 4. The van der Waals surface area contributed by atoms with Gasteiger partial charge in [-0.05, 0) is 36.4 Å². The molecule has 0 atom stereocenters. The second-order valence-electron chi connectivity index (χ2n) is 5.92. The Balaban J connectivity index is 1.63. The molecule has 0 radical (unpaired) electrons. The Morgan fingerprint density at radius 3 is 2.65 bits per heavy atom. The highest BCUT2D eigenvalue weighted by Crippen LogP contribution is 2.28. The SMILES string of the molecule is COc1cccc2cc(C(=O)NCC#Cc3ccc(N(C)C)cc3)oc12. The maximum absolute atomic E-state index is 12.2. The van der Waals surface area contributed by atoms with Gasteiger partial charge in [-0.3, -0.25) is 4.79 Å². The smallest absolute Gasteiger partial charge is 0.287 e. The van der Waals surface area contributed by atoms with E-state index in [1.807, 2.05) is 55.4 Å². The van der Waals surface area contributed by atoms with Gasteiger partial charge in [-0.15, -0.1) is 0 Å². The molecule has 3 aromatic rings. The van der Waals surface area contributed by atoms with E-state index in [1.165, 1.54) is 0 Å². The first-order chi connectivity index (χ1) is 12.6. The first-order valence-corrected chi connectivity index (χ1v) is 8.19. The lowest BCUT2D eigenvalue weighted by atomic mass is 10.2. The van der Waals surface area contributed by atoms with E-state index in [0.29, 0.717) is 11.3 Å². The third kappa shape index (κ3) is 3.81. The second kappa shape index (κ2) is 7.66. The second-order valence-corrected chi connectivity index (χ2v) is 5.92. The molecule has 132 valence electrons. The molecular formula is C21H20N2O3. The summed E-state index contributed by atoms with van der Waals surface area (Å²) in [6, 6.07) is 15.1. The van der Waals surface area contributed by atoms with Crippen LogP contribution in [0.1, 0.15) is 16.1 Å². The number of amides is 1. The topological polar surface area (TPSA) is 54.7 Å². The maximum atomic E-state index is 12.2. The summed E-state index contributed by atoms with van der Waals surface area (Å²) in [5, 5.41) is 3.56. The normalized spacial score (nSPS) is 10.1. The Morgan fingerprint density at radius 2 is 1.96 bits per heavy atom. The van der Waals surface area contributed by atoms with Gasteiger partial charge in [0, 0.05) is 30.7 Å². The number of nitrogens with zero attached hydrogens (tertiary/aromatic N) is 1. The molecule has 5 heteroatoms. The van der Waals surface area contributed by atoms with Crippen LogP contribution in [0.2, 0.25) is 0 Å². The zero-order valence-electron chi connectivity index (χ0n) is 15.0. The van der Waals surface area contributed by atoms with Gasteiger partial charge in [-0.2, -0.15) is 0 Å². The molecule has 0 unspecified atom stereocenters. The van der Waals surface area contributed by atoms with Crippen molar-refractivity contribution in [2.24, 2.45) is 0 Å². The predicted molar refractivity (Wildman–Crippen MR) is 103 cm³/mol. The number of furan rings is 1. The molecule has 0 aliphatic rings. The summed E-state index contributed by atoms with van der Waals surface area (Å²) in [7, 11) is 5.55. The lowest BCUT2D eigenvalue weighted by Crippen LogP contribution is -2.22. The van der Waals surface area contributed by atoms with Gasteiger partial charge >= 0.3 is 0 Å². The minimum atomic E-state index is -0.305. The van der Waals surface area contributed by atoms with Crippen LogP contribution in [-0.2, 0) is 0 Å². The zero-order chi connectivity index (χ0) is 18.5. The minimum Gasteiger partial charge on any atom is -0.493 e. The van der Waals surface area contributed by atoms with Gasteiger partial charge in [0.2, 0.25) is 0 Å². The summed E-state index contributed by atoms with van der Waals surface area (Å²) in [4.78, 5) is 14.3. The van der Waals surface area contributed by atoms with Crippen LogP contribution in [0.3, 0.4) is 0 Å². The first kappa shape index (κ1) is 17.4. The van der Waals surface area contributed by atoms with Crippen LogP contribution < -0.4 is 15.0 Å². The van der Waals surface area contributed by atoms with Gasteiger partial charge < -0.3 is 19.4 Å². The number of ether oxygens (including phenoxy) is 1. The lowest BCUT2D eigenvalue weighted by molar-refractivity contribution is 0.0933. The van der Waals surface area contributed by atoms with Crippen molar-refractivity contribution < 1.29 is 13.9 Å². The van der Waals surface area contributed by atoms with Crippen molar-refractivity contribution >= 4 is 22.6 Å². The van der Waals surface area contributed by atoms with Crippen molar-refractivity contribution in [2.75, 3.05) is 32.6 Å². The van der Waals surface area contributed by atoms with Crippen LogP contribution >= 0.6 is 0 Å². The van der Waals surface area contributed by atoms with E-state index in [4.69, 9.17) is 9.15 Å². The molecule has 0 aliphatic carbocycles. The van der Waals surface area contributed by atoms with Crippen LogP contribution in [-0.4, -0.2) is 33.7 Å². The molecule has 1 N–H and O–H groups in total. The van der Waals surface area contributed by atoms with Gasteiger partial charge in [0.1, 0.15) is 0 Å². The number of hydrogen-bond donors (Lipinski definition) is 1. The van der Waals surface area contributed by atoms with Crippen molar-refractivity contribution in [2.45, 2.75) is 0 Å². The lowest BCUT2D eigenvalue weighted by Gasteiger charge is -2.11. The molecule has 5 nitrogen and oxygen atoms in total. The van der Waals surface area contributed by atoms with Crippen LogP contribution in [0.25, 0.3) is 11.0 Å². The molecule has 1 amide bonds. The summed E-state index contributed by atoms with van der Waals surface area (Å²) in [6.07, 6.45) is 0. The van der Waals surface area contributed by atoms with Gasteiger partial charge in [0.25, 0.3) is 5.91 Å². The van der Waals surface area contributed by atoms with Gasteiger partial charge in [-0.25, -0.2) is 0 Å². The molecule has 3 rings (SSSR count). The van der Waals surface area contributed by atoms with Crippen molar-refractivity contribution in [1.82, 2.24) is 5.32 Å². The number of carbonyl (C=O) groups excluding carboxylic acids is 1. The van der Waals surface area contributed by atoms with Gasteiger partial charge in [0.05, 0.1) is 13.7 Å². The Hall–Kier alpha value is -3.39. The molecule has 0 aliphatic heterocycles. The highest BCUT2D eigenvalue weighted by atomic mass is 16.5. The van der Waals surface area contributed by atoms with E-state index >= 15 is 0 Å². The fraction of sp³-hybridized carbons (Fsp3) is 0.190. The largest absolute Gasteiger partial charge is 0.493 e. The third-order valence-corrected chi connectivity index (χ3v) is 3.91. The first-order valence-electron chi connectivity index (χ1n) is 8.19. The molecule has 2 aromatic carbocycles. The van der Waals surface area contributed by atoms with E-state index in [0.717, 1.165) is 16.6 Å². The summed E-state index contributed by atoms with van der Waals surface area (Å²) in [5.41, 5.74) is 2.58. The van der Waals surface area contributed by atoms with E-state index < -0.39 is 0 Å².